The van der Waals surface area contributed by atoms with E-state index in [4.69, 9.17) is 0 Å². The quantitative estimate of drug-likeness (QED) is 0.601. The van der Waals surface area contributed by atoms with E-state index in [-0.39, 0.29) is 18.9 Å². The molecule has 0 radical (unpaired) electrons. The van der Waals surface area contributed by atoms with Crippen molar-refractivity contribution in [2.24, 2.45) is 0 Å². The monoisotopic (exact) mass is 207 g/mol. The SMILES string of the molecule is C[Si](C)(C)/C=C\C[N-][Si](C)(C)C.[Li+]. The van der Waals surface area contributed by atoms with Crippen LogP contribution >= 0.6 is 0 Å². The first-order chi connectivity index (χ1) is 5.21. The van der Waals surface area contributed by atoms with Crippen molar-refractivity contribution in [1.82, 2.24) is 0 Å². The van der Waals surface area contributed by atoms with Gasteiger partial charge in [0.1, 0.15) is 0 Å². The predicted molar refractivity (Wildman–Crippen MR) is 64.1 cm³/mol. The van der Waals surface area contributed by atoms with Gasteiger partial charge in [0.2, 0.25) is 0 Å². The molecular weight excluding hydrogens is 185 g/mol. The van der Waals surface area contributed by atoms with Crippen LogP contribution in [0.3, 0.4) is 0 Å². The van der Waals surface area contributed by atoms with Crippen molar-refractivity contribution in [2.45, 2.75) is 39.3 Å². The summed E-state index contributed by atoms with van der Waals surface area (Å²) in [5.74, 6) is 0. The molecule has 0 heterocycles. The van der Waals surface area contributed by atoms with Gasteiger partial charge >= 0.3 is 18.9 Å². The van der Waals surface area contributed by atoms with Crippen LogP contribution in [0.25, 0.3) is 4.98 Å². The third-order valence-corrected chi connectivity index (χ3v) is 3.66. The van der Waals surface area contributed by atoms with E-state index in [0.717, 1.165) is 6.54 Å². The van der Waals surface area contributed by atoms with Gasteiger partial charge in [-0.05, 0) is 0 Å². The Morgan fingerprint density at radius 3 is 1.77 bits per heavy atom. The molecule has 0 atom stereocenters. The van der Waals surface area contributed by atoms with Crippen LogP contribution < -0.4 is 18.9 Å². The van der Waals surface area contributed by atoms with E-state index in [1.54, 1.807) is 0 Å². The summed E-state index contributed by atoms with van der Waals surface area (Å²) in [6, 6.07) is 0. The summed E-state index contributed by atoms with van der Waals surface area (Å²) in [6.45, 7) is 14.8. The van der Waals surface area contributed by atoms with Crippen molar-refractivity contribution < 1.29 is 18.9 Å². The van der Waals surface area contributed by atoms with E-state index in [0.29, 0.717) is 0 Å². The first kappa shape index (κ1) is 16.2. The molecule has 0 fully saturated rings. The third kappa shape index (κ3) is 15.5. The van der Waals surface area contributed by atoms with Crippen LogP contribution in [-0.4, -0.2) is 22.9 Å². The molecule has 0 saturated heterocycles. The molecule has 0 aromatic rings. The second-order valence-electron chi connectivity index (χ2n) is 5.28. The maximum Gasteiger partial charge on any atom is 1.00 e. The van der Waals surface area contributed by atoms with Crippen molar-refractivity contribution in [3.8, 4) is 0 Å². The predicted octanol–water partition coefficient (Wildman–Crippen LogP) is 0.633. The average Bonchev–Trinajstić information content (AvgIpc) is 1.76. The van der Waals surface area contributed by atoms with Gasteiger partial charge in [0.25, 0.3) is 0 Å². The molecule has 72 valence electrons. The molecule has 0 unspecified atom stereocenters. The number of nitrogens with zero attached hydrogens (tertiary/aromatic N) is 1. The average molecular weight is 207 g/mol. The second kappa shape index (κ2) is 6.26. The van der Waals surface area contributed by atoms with Crippen LogP contribution in [0.5, 0.6) is 0 Å². The zero-order chi connectivity index (χ0) is 9.83. The normalized spacial score (nSPS) is 13.1. The second-order valence-corrected chi connectivity index (χ2v) is 15.0. The van der Waals surface area contributed by atoms with Gasteiger partial charge in [-0.1, -0.05) is 47.5 Å². The minimum atomic E-state index is -1.16. The van der Waals surface area contributed by atoms with Gasteiger partial charge < -0.3 is 4.98 Å². The minimum absolute atomic E-state index is 0. The van der Waals surface area contributed by atoms with Crippen molar-refractivity contribution in [3.63, 3.8) is 0 Å². The first-order valence-electron chi connectivity index (χ1n) is 4.57. The zero-order valence-corrected chi connectivity index (χ0v) is 12.3. The van der Waals surface area contributed by atoms with E-state index in [1.165, 1.54) is 0 Å². The van der Waals surface area contributed by atoms with E-state index in [9.17, 15) is 0 Å². The van der Waals surface area contributed by atoms with Crippen LogP contribution in [0.1, 0.15) is 0 Å². The molecular formula is C9H22LiNSi2. The van der Waals surface area contributed by atoms with Crippen LogP contribution in [0.2, 0.25) is 39.3 Å². The van der Waals surface area contributed by atoms with Crippen molar-refractivity contribution in [3.05, 3.63) is 16.8 Å². The summed E-state index contributed by atoms with van der Waals surface area (Å²) in [7, 11) is -2.14. The summed E-state index contributed by atoms with van der Waals surface area (Å²) in [5.41, 5.74) is 2.37. The molecule has 0 N–H and O–H groups in total. The standard InChI is InChI=1S/C9H22NSi2.Li/c1-11(2,3)9-7-8-10-12(4,5)6;/h7,9H,8H2,1-6H3;/q-1;+1/b9-7-;. The maximum absolute atomic E-state index is 4.63. The fourth-order valence-corrected chi connectivity index (χ4v) is 2.20. The Kier molecular flexibility index (Phi) is 7.79. The summed E-state index contributed by atoms with van der Waals surface area (Å²) >= 11 is 0. The molecule has 0 bridgehead atoms. The molecule has 0 aromatic carbocycles. The molecule has 0 aliphatic rings. The van der Waals surface area contributed by atoms with Gasteiger partial charge in [-0.25, -0.2) is 0 Å². The summed E-state index contributed by atoms with van der Waals surface area (Å²) in [4.78, 5) is 4.63. The smallest absolute Gasteiger partial charge is 0.662 e. The van der Waals surface area contributed by atoms with Gasteiger partial charge in [0.05, 0.1) is 8.07 Å². The van der Waals surface area contributed by atoms with Crippen LogP contribution in [0, 0.1) is 0 Å². The topological polar surface area (TPSA) is 14.1 Å². The Morgan fingerprint density at radius 1 is 1.00 bits per heavy atom. The molecule has 0 saturated carbocycles. The Bertz CT molecular complexity index is 156. The Labute approximate surface area is 97.7 Å². The Hall–Kier alpha value is 0.731. The molecule has 13 heavy (non-hydrogen) atoms. The number of rotatable bonds is 4. The van der Waals surface area contributed by atoms with Gasteiger partial charge in [0, 0.05) is 0 Å². The van der Waals surface area contributed by atoms with Crippen LogP contribution in [-0.2, 0) is 0 Å². The van der Waals surface area contributed by atoms with E-state index in [2.05, 4.69) is 56.0 Å². The van der Waals surface area contributed by atoms with Crippen molar-refractivity contribution in [1.29, 1.82) is 0 Å². The van der Waals surface area contributed by atoms with Gasteiger partial charge in [-0.2, -0.15) is 0 Å². The number of hydrogen-bond donors (Lipinski definition) is 0. The number of hydrogen-bond acceptors (Lipinski definition) is 0. The van der Waals surface area contributed by atoms with E-state index >= 15 is 0 Å². The molecule has 0 aliphatic heterocycles. The zero-order valence-electron chi connectivity index (χ0n) is 10.3. The van der Waals surface area contributed by atoms with Crippen molar-refractivity contribution in [2.75, 3.05) is 6.54 Å². The van der Waals surface area contributed by atoms with Gasteiger partial charge in [-0.3, -0.25) is 0 Å². The molecule has 0 aliphatic carbocycles. The van der Waals surface area contributed by atoms with Crippen molar-refractivity contribution >= 4 is 16.3 Å². The minimum Gasteiger partial charge on any atom is -0.662 e. The van der Waals surface area contributed by atoms with Crippen LogP contribution in [0.4, 0.5) is 0 Å². The van der Waals surface area contributed by atoms with Gasteiger partial charge in [0.15, 0.2) is 0 Å². The Balaban J connectivity index is 0. The first-order valence-corrected chi connectivity index (χ1v) is 11.6. The summed E-state index contributed by atoms with van der Waals surface area (Å²) in [5, 5.41) is 0. The molecule has 4 heteroatoms. The van der Waals surface area contributed by atoms with E-state index < -0.39 is 16.3 Å². The fourth-order valence-electron chi connectivity index (χ4n) is 0.733. The van der Waals surface area contributed by atoms with Crippen LogP contribution in [0.15, 0.2) is 11.8 Å². The molecule has 0 rings (SSSR count). The molecule has 0 spiro atoms. The Morgan fingerprint density at radius 2 is 1.46 bits per heavy atom. The fraction of sp³-hybridized carbons (Fsp3) is 0.778. The summed E-state index contributed by atoms with van der Waals surface area (Å²) in [6.07, 6.45) is 2.24. The largest absolute Gasteiger partial charge is 1.00 e. The maximum atomic E-state index is 4.63. The summed E-state index contributed by atoms with van der Waals surface area (Å²) < 4.78 is 0. The molecule has 1 nitrogen and oxygen atoms in total. The molecule has 0 aromatic heterocycles. The third-order valence-electron chi connectivity index (χ3n) is 1.29. The van der Waals surface area contributed by atoms with Gasteiger partial charge in [-0.15, -0.1) is 18.3 Å². The molecule has 0 amide bonds. The van der Waals surface area contributed by atoms with E-state index in [1.807, 2.05) is 0 Å².